The van der Waals surface area contributed by atoms with E-state index < -0.39 is 0 Å². The number of piperidine rings is 1. The number of imidazole rings is 1. The van der Waals surface area contributed by atoms with Crippen molar-refractivity contribution in [1.29, 1.82) is 0 Å². The number of carbonyl (C=O) groups is 1. The molecule has 1 aromatic rings. The van der Waals surface area contributed by atoms with Crippen LogP contribution in [0, 0.1) is 19.8 Å². The molecule has 1 saturated heterocycles. The van der Waals surface area contributed by atoms with Crippen LogP contribution in [0.4, 0.5) is 4.79 Å². The molecule has 2 fully saturated rings. The van der Waals surface area contributed by atoms with Crippen molar-refractivity contribution in [2.45, 2.75) is 71.4 Å². The van der Waals surface area contributed by atoms with Crippen LogP contribution in [0.15, 0.2) is 6.20 Å². The number of rotatable bonds is 3. The van der Waals surface area contributed by atoms with E-state index in [0.29, 0.717) is 12.0 Å². The van der Waals surface area contributed by atoms with E-state index in [1.54, 1.807) is 0 Å². The molecule has 0 bridgehead atoms. The molecule has 2 amide bonds. The highest BCUT2D eigenvalue weighted by Crippen LogP contribution is 2.21. The van der Waals surface area contributed by atoms with Crippen molar-refractivity contribution in [3.8, 4) is 0 Å². The first-order valence-electron chi connectivity index (χ1n) is 9.17. The summed E-state index contributed by atoms with van der Waals surface area (Å²) in [6, 6.07) is 0.551. The number of aryl methyl sites for hydroxylation is 2. The maximum atomic E-state index is 12.5. The van der Waals surface area contributed by atoms with Gasteiger partial charge in [0.2, 0.25) is 0 Å². The van der Waals surface area contributed by atoms with Crippen molar-refractivity contribution < 1.29 is 4.79 Å². The molecule has 5 heteroatoms. The first kappa shape index (κ1) is 16.3. The van der Waals surface area contributed by atoms with E-state index in [1.807, 2.05) is 11.1 Å². The van der Waals surface area contributed by atoms with E-state index in [9.17, 15) is 4.79 Å². The van der Waals surface area contributed by atoms with Crippen molar-refractivity contribution in [3.63, 3.8) is 0 Å². The SMILES string of the molecule is Cc1cnc(C)n1CC1CCCN(C(=O)NC2CCCCC2)C1. The number of urea groups is 1. The number of likely N-dealkylation sites (tertiary alicyclic amines) is 1. The third kappa shape index (κ3) is 4.06. The van der Waals surface area contributed by atoms with Crippen molar-refractivity contribution in [1.82, 2.24) is 19.8 Å². The summed E-state index contributed by atoms with van der Waals surface area (Å²) < 4.78 is 2.28. The number of hydrogen-bond acceptors (Lipinski definition) is 2. The van der Waals surface area contributed by atoms with Gasteiger partial charge in [0.1, 0.15) is 5.82 Å². The summed E-state index contributed by atoms with van der Waals surface area (Å²) in [6.07, 6.45) is 10.4. The lowest BCUT2D eigenvalue weighted by atomic mass is 9.95. The summed E-state index contributed by atoms with van der Waals surface area (Å²) in [4.78, 5) is 19.0. The van der Waals surface area contributed by atoms with Crippen LogP contribution < -0.4 is 5.32 Å². The second-order valence-corrected chi connectivity index (χ2v) is 7.30. The molecule has 2 heterocycles. The molecular weight excluding hydrogens is 288 g/mol. The van der Waals surface area contributed by atoms with E-state index in [0.717, 1.165) is 44.7 Å². The summed E-state index contributed by atoms with van der Waals surface area (Å²) >= 11 is 0. The summed E-state index contributed by atoms with van der Waals surface area (Å²) in [5.74, 6) is 1.61. The average molecular weight is 318 g/mol. The van der Waals surface area contributed by atoms with Crippen LogP contribution in [0.3, 0.4) is 0 Å². The first-order valence-corrected chi connectivity index (χ1v) is 9.17. The lowest BCUT2D eigenvalue weighted by Gasteiger charge is -2.35. The summed E-state index contributed by atoms with van der Waals surface area (Å²) in [6.45, 7) is 6.91. The van der Waals surface area contributed by atoms with Crippen LogP contribution in [-0.2, 0) is 6.54 Å². The van der Waals surface area contributed by atoms with Crippen molar-refractivity contribution in [3.05, 3.63) is 17.7 Å². The van der Waals surface area contributed by atoms with E-state index in [2.05, 4.69) is 28.7 Å². The van der Waals surface area contributed by atoms with Gasteiger partial charge in [-0.2, -0.15) is 0 Å². The molecule has 1 unspecified atom stereocenters. The van der Waals surface area contributed by atoms with Crippen LogP contribution in [0.25, 0.3) is 0 Å². The van der Waals surface area contributed by atoms with Crippen molar-refractivity contribution in [2.24, 2.45) is 5.92 Å². The Morgan fingerprint density at radius 1 is 1.22 bits per heavy atom. The van der Waals surface area contributed by atoms with Gasteiger partial charge in [0.15, 0.2) is 0 Å². The zero-order valence-corrected chi connectivity index (χ0v) is 14.6. The van der Waals surface area contributed by atoms with Gasteiger partial charge in [-0.3, -0.25) is 0 Å². The third-order valence-corrected chi connectivity index (χ3v) is 5.43. The predicted octanol–water partition coefficient (Wildman–Crippen LogP) is 3.25. The minimum atomic E-state index is 0.153. The molecule has 0 aromatic carbocycles. The second kappa shape index (κ2) is 7.37. The lowest BCUT2D eigenvalue weighted by molar-refractivity contribution is 0.153. The fraction of sp³-hybridized carbons (Fsp3) is 0.778. The maximum absolute atomic E-state index is 12.5. The number of amides is 2. The van der Waals surface area contributed by atoms with Gasteiger partial charge in [-0.15, -0.1) is 0 Å². The molecule has 1 aliphatic heterocycles. The number of nitrogens with zero attached hydrogens (tertiary/aromatic N) is 3. The Morgan fingerprint density at radius 2 is 2.00 bits per heavy atom. The Balaban J connectivity index is 1.54. The Hall–Kier alpha value is -1.52. The van der Waals surface area contributed by atoms with E-state index >= 15 is 0 Å². The smallest absolute Gasteiger partial charge is 0.317 e. The Bertz CT molecular complexity index is 514. The Labute approximate surface area is 139 Å². The predicted molar refractivity (Wildman–Crippen MR) is 91.4 cm³/mol. The van der Waals surface area contributed by atoms with Crippen LogP contribution in [0.2, 0.25) is 0 Å². The molecule has 0 spiro atoms. The number of aromatic nitrogens is 2. The fourth-order valence-corrected chi connectivity index (χ4v) is 4.03. The van der Waals surface area contributed by atoms with Gasteiger partial charge in [0.25, 0.3) is 0 Å². The summed E-state index contributed by atoms with van der Waals surface area (Å²) in [7, 11) is 0. The third-order valence-electron chi connectivity index (χ3n) is 5.43. The quantitative estimate of drug-likeness (QED) is 0.930. The van der Waals surface area contributed by atoms with Gasteiger partial charge >= 0.3 is 6.03 Å². The van der Waals surface area contributed by atoms with E-state index in [-0.39, 0.29) is 6.03 Å². The largest absolute Gasteiger partial charge is 0.335 e. The normalized spacial score (nSPS) is 23.0. The molecule has 1 aromatic heterocycles. The van der Waals surface area contributed by atoms with Gasteiger partial charge in [-0.25, -0.2) is 9.78 Å². The first-order chi connectivity index (χ1) is 11.1. The van der Waals surface area contributed by atoms with Gasteiger partial charge in [0, 0.05) is 37.6 Å². The molecule has 128 valence electrons. The zero-order chi connectivity index (χ0) is 16.2. The second-order valence-electron chi connectivity index (χ2n) is 7.30. The molecule has 5 nitrogen and oxygen atoms in total. The molecule has 1 N–H and O–H groups in total. The highest BCUT2D eigenvalue weighted by molar-refractivity contribution is 5.74. The molecule has 1 atom stereocenters. The molecule has 3 rings (SSSR count). The molecule has 23 heavy (non-hydrogen) atoms. The minimum Gasteiger partial charge on any atom is -0.335 e. The minimum absolute atomic E-state index is 0.153. The van der Waals surface area contributed by atoms with Gasteiger partial charge in [-0.1, -0.05) is 19.3 Å². The van der Waals surface area contributed by atoms with Crippen LogP contribution in [-0.4, -0.2) is 39.6 Å². The molecule has 1 aliphatic carbocycles. The van der Waals surface area contributed by atoms with Gasteiger partial charge in [0.05, 0.1) is 0 Å². The Morgan fingerprint density at radius 3 is 2.70 bits per heavy atom. The van der Waals surface area contributed by atoms with Crippen LogP contribution >= 0.6 is 0 Å². The molecule has 0 radical (unpaired) electrons. The van der Waals surface area contributed by atoms with Gasteiger partial charge in [-0.05, 0) is 45.4 Å². The molecule has 2 aliphatic rings. The fourth-order valence-electron chi connectivity index (χ4n) is 4.03. The summed E-state index contributed by atoms with van der Waals surface area (Å²) in [5.41, 5.74) is 1.21. The average Bonchev–Trinajstić information content (AvgIpc) is 2.88. The number of hydrogen-bond donors (Lipinski definition) is 1. The van der Waals surface area contributed by atoms with Gasteiger partial charge < -0.3 is 14.8 Å². The monoisotopic (exact) mass is 318 g/mol. The number of nitrogens with one attached hydrogen (secondary N) is 1. The molecular formula is C18H30N4O. The standard InChI is InChI=1S/C18H30N4O/c1-14-11-19-15(2)22(14)13-16-7-6-10-21(12-16)18(23)20-17-8-4-3-5-9-17/h11,16-17H,3-10,12-13H2,1-2H3,(H,20,23). The summed E-state index contributed by atoms with van der Waals surface area (Å²) in [5, 5.41) is 3.26. The van der Waals surface area contributed by atoms with Crippen LogP contribution in [0.5, 0.6) is 0 Å². The highest BCUT2D eigenvalue weighted by atomic mass is 16.2. The van der Waals surface area contributed by atoms with Crippen molar-refractivity contribution >= 4 is 6.03 Å². The van der Waals surface area contributed by atoms with Crippen molar-refractivity contribution in [2.75, 3.05) is 13.1 Å². The number of carbonyl (C=O) groups excluding carboxylic acids is 1. The maximum Gasteiger partial charge on any atom is 0.317 e. The van der Waals surface area contributed by atoms with E-state index in [1.165, 1.54) is 31.4 Å². The highest BCUT2D eigenvalue weighted by Gasteiger charge is 2.26. The zero-order valence-electron chi connectivity index (χ0n) is 14.6. The molecule has 1 saturated carbocycles. The van der Waals surface area contributed by atoms with E-state index in [4.69, 9.17) is 0 Å². The lowest BCUT2D eigenvalue weighted by Crippen LogP contribution is -2.49. The Kier molecular flexibility index (Phi) is 5.23. The topological polar surface area (TPSA) is 50.2 Å². The van der Waals surface area contributed by atoms with Crippen LogP contribution in [0.1, 0.15) is 56.5 Å².